The molecular weight excluding hydrogens is 321 g/mol. The number of hydrogen-bond acceptors (Lipinski definition) is 4. The average molecular weight is 342 g/mol. The first kappa shape index (κ1) is 17.0. The van der Waals surface area contributed by atoms with Crippen molar-refractivity contribution in [1.82, 2.24) is 20.4 Å². The summed E-state index contributed by atoms with van der Waals surface area (Å²) in [5.74, 6) is 1.81. The largest absolute Gasteiger partial charge is 0.460 e. The lowest BCUT2D eigenvalue weighted by Gasteiger charge is -2.18. The Morgan fingerprint density at radius 1 is 1.42 bits per heavy atom. The molecule has 1 atom stereocenters. The lowest BCUT2D eigenvalue weighted by Crippen LogP contribution is -2.33. The zero-order chi connectivity index (χ0) is 17.2. The molecule has 0 aromatic carbocycles. The van der Waals surface area contributed by atoms with E-state index < -0.39 is 12.7 Å². The van der Waals surface area contributed by atoms with E-state index in [1.807, 2.05) is 19.1 Å². The van der Waals surface area contributed by atoms with Crippen molar-refractivity contribution in [2.45, 2.75) is 26.1 Å². The number of aryl methyl sites for hydroxylation is 1. The van der Waals surface area contributed by atoms with Crippen LogP contribution in [0.25, 0.3) is 11.5 Å². The number of nitrogens with one attached hydrogen (secondary N) is 2. The Labute approximate surface area is 138 Å². The van der Waals surface area contributed by atoms with Gasteiger partial charge in [0.2, 0.25) is 0 Å². The van der Waals surface area contributed by atoms with Gasteiger partial charge in [-0.2, -0.15) is 18.3 Å². The van der Waals surface area contributed by atoms with Gasteiger partial charge in [-0.1, -0.05) is 0 Å². The van der Waals surface area contributed by atoms with E-state index in [9.17, 15) is 13.2 Å². The minimum absolute atomic E-state index is 0.244. The Balaban J connectivity index is 1.47. The van der Waals surface area contributed by atoms with E-state index in [0.29, 0.717) is 26.2 Å². The quantitative estimate of drug-likeness (QED) is 0.847. The van der Waals surface area contributed by atoms with Gasteiger partial charge in [0, 0.05) is 18.7 Å². The van der Waals surface area contributed by atoms with Crippen LogP contribution >= 0.6 is 0 Å². The smallest absolute Gasteiger partial charge is 0.401 e. The van der Waals surface area contributed by atoms with E-state index in [1.165, 1.54) is 4.90 Å². The molecule has 0 saturated carbocycles. The molecule has 2 aromatic rings. The van der Waals surface area contributed by atoms with E-state index in [2.05, 4.69) is 15.5 Å². The number of furan rings is 1. The molecule has 5 nitrogen and oxygen atoms in total. The first-order chi connectivity index (χ1) is 11.4. The van der Waals surface area contributed by atoms with Gasteiger partial charge in [-0.25, -0.2) is 0 Å². The molecule has 24 heavy (non-hydrogen) atoms. The molecule has 0 amide bonds. The minimum atomic E-state index is -4.12. The molecule has 0 spiro atoms. The summed E-state index contributed by atoms with van der Waals surface area (Å²) in [6.07, 6.45) is -1.58. The molecule has 1 aliphatic rings. The summed E-state index contributed by atoms with van der Waals surface area (Å²) in [7, 11) is 0. The molecule has 0 aliphatic carbocycles. The first-order valence-electron chi connectivity index (χ1n) is 7.99. The van der Waals surface area contributed by atoms with Crippen molar-refractivity contribution in [3.05, 3.63) is 29.7 Å². The Hall–Kier alpha value is -1.80. The van der Waals surface area contributed by atoms with Crippen LogP contribution in [0.15, 0.2) is 22.7 Å². The van der Waals surface area contributed by atoms with Crippen LogP contribution in [0.2, 0.25) is 0 Å². The molecule has 2 N–H and O–H groups in total. The molecule has 0 unspecified atom stereocenters. The van der Waals surface area contributed by atoms with E-state index in [4.69, 9.17) is 4.42 Å². The lowest BCUT2D eigenvalue weighted by molar-refractivity contribution is -0.143. The second kappa shape index (κ2) is 6.98. The number of hydrogen-bond donors (Lipinski definition) is 2. The van der Waals surface area contributed by atoms with Gasteiger partial charge in [0.25, 0.3) is 0 Å². The summed E-state index contributed by atoms with van der Waals surface area (Å²) in [6.45, 7) is 3.35. The van der Waals surface area contributed by atoms with Crippen molar-refractivity contribution >= 4 is 0 Å². The summed E-state index contributed by atoms with van der Waals surface area (Å²) in [5, 5.41) is 10.3. The molecule has 8 heteroatoms. The maximum absolute atomic E-state index is 12.4. The highest BCUT2D eigenvalue weighted by Gasteiger charge is 2.34. The van der Waals surface area contributed by atoms with Gasteiger partial charge in [-0.05, 0) is 44.5 Å². The summed E-state index contributed by atoms with van der Waals surface area (Å²) >= 11 is 0. The Morgan fingerprint density at radius 2 is 2.25 bits per heavy atom. The van der Waals surface area contributed by atoms with Crippen LogP contribution < -0.4 is 5.32 Å². The number of halogens is 3. The fraction of sp³-hybridized carbons (Fsp3) is 0.562. The maximum atomic E-state index is 12.4. The number of aromatic amines is 1. The van der Waals surface area contributed by atoms with Crippen LogP contribution in [0.4, 0.5) is 13.2 Å². The topological polar surface area (TPSA) is 57.1 Å². The van der Waals surface area contributed by atoms with Crippen molar-refractivity contribution in [2.24, 2.45) is 5.92 Å². The fourth-order valence-corrected chi connectivity index (χ4v) is 3.11. The van der Waals surface area contributed by atoms with Crippen molar-refractivity contribution in [3.8, 4) is 11.5 Å². The van der Waals surface area contributed by atoms with E-state index in [-0.39, 0.29) is 5.92 Å². The average Bonchev–Trinajstić information content (AvgIpc) is 3.19. The highest BCUT2D eigenvalue weighted by molar-refractivity contribution is 5.56. The predicted octanol–water partition coefficient (Wildman–Crippen LogP) is 2.95. The number of H-pyrrole nitrogens is 1. The minimum Gasteiger partial charge on any atom is -0.460 e. The Morgan fingerprint density at radius 3 is 2.96 bits per heavy atom. The molecule has 3 rings (SSSR count). The van der Waals surface area contributed by atoms with Gasteiger partial charge < -0.3 is 9.73 Å². The highest BCUT2D eigenvalue weighted by Crippen LogP contribution is 2.24. The lowest BCUT2D eigenvalue weighted by atomic mass is 10.1. The number of nitrogens with zero attached hydrogens (tertiary/aromatic N) is 2. The van der Waals surface area contributed by atoms with Crippen LogP contribution in [-0.4, -0.2) is 47.5 Å². The van der Waals surface area contributed by atoms with Gasteiger partial charge in [0.15, 0.2) is 5.76 Å². The van der Waals surface area contributed by atoms with Gasteiger partial charge in [0.1, 0.15) is 11.5 Å². The van der Waals surface area contributed by atoms with Crippen LogP contribution in [0.1, 0.15) is 17.7 Å². The molecule has 1 saturated heterocycles. The number of alkyl halides is 3. The molecular formula is C16H21F3N4O. The fourth-order valence-electron chi connectivity index (χ4n) is 3.11. The maximum Gasteiger partial charge on any atom is 0.401 e. The second-order valence-corrected chi connectivity index (χ2v) is 6.32. The first-order valence-corrected chi connectivity index (χ1v) is 7.99. The summed E-state index contributed by atoms with van der Waals surface area (Å²) in [6, 6.07) is 3.78. The van der Waals surface area contributed by atoms with E-state index in [1.54, 1.807) is 6.20 Å². The molecule has 3 heterocycles. The van der Waals surface area contributed by atoms with Crippen LogP contribution in [0.5, 0.6) is 0 Å². The van der Waals surface area contributed by atoms with Crippen LogP contribution in [-0.2, 0) is 6.54 Å². The van der Waals surface area contributed by atoms with Crippen LogP contribution in [0.3, 0.4) is 0 Å². The molecule has 0 radical (unpaired) electrons. The van der Waals surface area contributed by atoms with Gasteiger partial charge in [0.05, 0.1) is 12.7 Å². The number of likely N-dealkylation sites (tertiary alicyclic amines) is 1. The van der Waals surface area contributed by atoms with Crippen molar-refractivity contribution in [1.29, 1.82) is 0 Å². The molecule has 132 valence electrons. The third-order valence-electron chi connectivity index (χ3n) is 4.23. The zero-order valence-corrected chi connectivity index (χ0v) is 13.5. The monoisotopic (exact) mass is 342 g/mol. The van der Waals surface area contributed by atoms with Gasteiger partial charge in [-0.15, -0.1) is 0 Å². The Bertz CT molecular complexity index is 664. The van der Waals surface area contributed by atoms with E-state index >= 15 is 0 Å². The number of rotatable bonds is 6. The SMILES string of the molecule is Cc1ccc(-c2[nH]ncc2CNC[C@H]2CCN(CC(F)(F)F)C2)o1. The Kier molecular flexibility index (Phi) is 4.96. The van der Waals surface area contributed by atoms with E-state index in [0.717, 1.165) is 29.2 Å². The van der Waals surface area contributed by atoms with Crippen molar-refractivity contribution in [3.63, 3.8) is 0 Å². The molecule has 0 bridgehead atoms. The van der Waals surface area contributed by atoms with Crippen LogP contribution in [0, 0.1) is 12.8 Å². The molecule has 2 aromatic heterocycles. The highest BCUT2D eigenvalue weighted by atomic mass is 19.4. The summed E-state index contributed by atoms with van der Waals surface area (Å²) < 4.78 is 42.8. The summed E-state index contributed by atoms with van der Waals surface area (Å²) in [5.41, 5.74) is 1.82. The molecule has 1 fully saturated rings. The predicted molar refractivity (Wildman–Crippen MR) is 83.3 cm³/mol. The van der Waals surface area contributed by atoms with Crippen molar-refractivity contribution < 1.29 is 17.6 Å². The molecule has 1 aliphatic heterocycles. The van der Waals surface area contributed by atoms with Gasteiger partial charge in [-0.3, -0.25) is 10.00 Å². The number of aromatic nitrogens is 2. The normalized spacial score (nSPS) is 19.2. The van der Waals surface area contributed by atoms with Crippen molar-refractivity contribution in [2.75, 3.05) is 26.2 Å². The van der Waals surface area contributed by atoms with Gasteiger partial charge >= 0.3 is 6.18 Å². The summed E-state index contributed by atoms with van der Waals surface area (Å²) in [4.78, 5) is 1.47. The standard InChI is InChI=1S/C16H21F3N4O/c1-11-2-3-14(24-11)15-13(8-21-22-15)7-20-6-12-4-5-23(9-12)10-16(17,18)19/h2-3,8,12,20H,4-7,9-10H2,1H3,(H,21,22)/t12-/m1/s1. The second-order valence-electron chi connectivity index (χ2n) is 6.32. The zero-order valence-electron chi connectivity index (χ0n) is 13.5. The third kappa shape index (κ3) is 4.39. The third-order valence-corrected chi connectivity index (χ3v) is 4.23.